The van der Waals surface area contributed by atoms with Gasteiger partial charge in [0.1, 0.15) is 0 Å². The lowest BCUT2D eigenvalue weighted by Gasteiger charge is -2.41. The molecule has 3 atom stereocenters. The third-order valence-corrected chi connectivity index (χ3v) is 5.37. The van der Waals surface area contributed by atoms with Gasteiger partial charge in [0.05, 0.1) is 18.6 Å². The molecule has 0 amide bonds. The smallest absolute Gasteiger partial charge is 0.310 e. The van der Waals surface area contributed by atoms with Gasteiger partial charge in [0.2, 0.25) is 0 Å². The highest BCUT2D eigenvalue weighted by atomic mass is 16.5. The van der Waals surface area contributed by atoms with Gasteiger partial charge in [-0.25, -0.2) is 0 Å². The minimum atomic E-state index is -0.0823. The van der Waals surface area contributed by atoms with Gasteiger partial charge in [-0.3, -0.25) is 9.79 Å². The summed E-state index contributed by atoms with van der Waals surface area (Å²) in [5, 5.41) is 3.55. The molecule has 2 saturated heterocycles. The van der Waals surface area contributed by atoms with Crippen molar-refractivity contribution in [2.45, 2.75) is 59.5 Å². The first kappa shape index (κ1) is 21.0. The molecule has 150 valence electrons. The zero-order valence-electron chi connectivity index (χ0n) is 17.2. The fourth-order valence-corrected chi connectivity index (χ4v) is 4.19. The fraction of sp³-hybridized carbons (Fsp3) is 0.900. The number of rotatable bonds is 4. The molecule has 0 aliphatic carbocycles. The molecule has 0 aromatic rings. The monoisotopic (exact) mass is 367 g/mol. The number of nitrogens with one attached hydrogen (secondary N) is 1. The number of guanidine groups is 1. The maximum atomic E-state index is 12.1. The Morgan fingerprint density at radius 2 is 2.08 bits per heavy atom. The Bertz CT molecular complexity index is 487. The molecule has 0 radical (unpaired) electrons. The second kappa shape index (κ2) is 9.58. The van der Waals surface area contributed by atoms with Crippen molar-refractivity contribution in [3.63, 3.8) is 0 Å². The Balaban J connectivity index is 1.93. The van der Waals surface area contributed by atoms with Gasteiger partial charge in [0, 0.05) is 39.2 Å². The molecule has 2 aliphatic rings. The first-order valence-electron chi connectivity index (χ1n) is 10.1. The zero-order valence-corrected chi connectivity index (χ0v) is 17.2. The van der Waals surface area contributed by atoms with Crippen molar-refractivity contribution < 1.29 is 14.3 Å². The van der Waals surface area contributed by atoms with Crippen LogP contribution in [0.3, 0.4) is 0 Å². The van der Waals surface area contributed by atoms with Crippen molar-refractivity contribution in [3.05, 3.63) is 0 Å². The van der Waals surface area contributed by atoms with E-state index in [1.165, 1.54) is 6.42 Å². The first-order valence-corrected chi connectivity index (χ1v) is 10.1. The van der Waals surface area contributed by atoms with Crippen molar-refractivity contribution in [3.8, 4) is 0 Å². The Hall–Kier alpha value is -1.30. The number of esters is 1. The topological polar surface area (TPSA) is 63.2 Å². The van der Waals surface area contributed by atoms with E-state index in [-0.39, 0.29) is 23.4 Å². The lowest BCUT2D eigenvalue weighted by atomic mass is 9.78. The molecular formula is C20H37N3O3. The molecule has 2 rings (SSSR count). The van der Waals surface area contributed by atoms with Crippen molar-refractivity contribution in [1.29, 1.82) is 0 Å². The highest BCUT2D eigenvalue weighted by Crippen LogP contribution is 2.33. The van der Waals surface area contributed by atoms with Gasteiger partial charge >= 0.3 is 5.97 Å². The van der Waals surface area contributed by atoms with Gasteiger partial charge in [-0.1, -0.05) is 20.8 Å². The molecule has 0 spiro atoms. The Labute approximate surface area is 158 Å². The largest absolute Gasteiger partial charge is 0.466 e. The van der Waals surface area contributed by atoms with Crippen molar-refractivity contribution in [1.82, 2.24) is 10.2 Å². The average molecular weight is 368 g/mol. The van der Waals surface area contributed by atoms with E-state index in [4.69, 9.17) is 9.47 Å². The average Bonchev–Trinajstić information content (AvgIpc) is 2.62. The van der Waals surface area contributed by atoms with Gasteiger partial charge < -0.3 is 19.7 Å². The van der Waals surface area contributed by atoms with Crippen LogP contribution < -0.4 is 5.32 Å². The summed E-state index contributed by atoms with van der Waals surface area (Å²) < 4.78 is 11.3. The third-order valence-electron chi connectivity index (χ3n) is 5.37. The van der Waals surface area contributed by atoms with E-state index in [0.717, 1.165) is 44.9 Å². The standard InChI is InChI=1S/C20H37N3O3/c1-6-25-18(24)16-9-7-11-23(14-16)19(21-5)22-13-15-10-8-12-26-17(15)20(2,3)4/h15-17H,6-14H2,1-5H3,(H,21,22). The molecule has 2 heterocycles. The van der Waals surface area contributed by atoms with Crippen LogP contribution in [-0.4, -0.2) is 62.8 Å². The van der Waals surface area contributed by atoms with E-state index in [2.05, 4.69) is 36.0 Å². The summed E-state index contributed by atoms with van der Waals surface area (Å²) in [7, 11) is 1.81. The van der Waals surface area contributed by atoms with E-state index in [1.54, 1.807) is 0 Å². The van der Waals surface area contributed by atoms with Crippen molar-refractivity contribution >= 4 is 11.9 Å². The van der Waals surface area contributed by atoms with Crippen LogP contribution in [0.4, 0.5) is 0 Å². The van der Waals surface area contributed by atoms with Gasteiger partial charge in [-0.15, -0.1) is 0 Å². The van der Waals surface area contributed by atoms with Gasteiger partial charge in [-0.2, -0.15) is 0 Å². The first-order chi connectivity index (χ1) is 12.4. The van der Waals surface area contributed by atoms with E-state index < -0.39 is 0 Å². The Morgan fingerprint density at radius 3 is 2.73 bits per heavy atom. The molecule has 2 aliphatic heterocycles. The van der Waals surface area contributed by atoms with E-state index in [9.17, 15) is 4.79 Å². The van der Waals surface area contributed by atoms with E-state index in [1.807, 2.05) is 14.0 Å². The summed E-state index contributed by atoms with van der Waals surface area (Å²) >= 11 is 0. The van der Waals surface area contributed by atoms with Crippen LogP contribution in [0.15, 0.2) is 4.99 Å². The van der Waals surface area contributed by atoms with Crippen LogP contribution >= 0.6 is 0 Å². The normalized spacial score (nSPS) is 28.0. The summed E-state index contributed by atoms with van der Waals surface area (Å²) in [6, 6.07) is 0. The second-order valence-corrected chi connectivity index (χ2v) is 8.53. The number of ether oxygens (including phenoxy) is 2. The molecule has 0 aromatic carbocycles. The highest BCUT2D eigenvalue weighted by Gasteiger charge is 2.36. The molecule has 26 heavy (non-hydrogen) atoms. The maximum absolute atomic E-state index is 12.1. The molecule has 6 nitrogen and oxygen atoms in total. The quantitative estimate of drug-likeness (QED) is 0.470. The zero-order chi connectivity index (χ0) is 19.2. The Morgan fingerprint density at radius 1 is 1.31 bits per heavy atom. The molecule has 1 N–H and O–H groups in total. The van der Waals surface area contributed by atoms with Crippen molar-refractivity contribution in [2.75, 3.05) is 39.9 Å². The van der Waals surface area contributed by atoms with Crippen molar-refractivity contribution in [2.24, 2.45) is 22.2 Å². The molecule has 0 bridgehead atoms. The molecule has 2 fully saturated rings. The summed E-state index contributed by atoms with van der Waals surface area (Å²) in [5.74, 6) is 1.23. The molecule has 3 unspecified atom stereocenters. The predicted octanol–water partition coefficient (Wildman–Crippen LogP) is 2.68. The predicted molar refractivity (Wildman–Crippen MR) is 104 cm³/mol. The molecule has 6 heteroatoms. The summed E-state index contributed by atoms with van der Waals surface area (Å²) in [6.07, 6.45) is 4.44. The lowest BCUT2D eigenvalue weighted by Crippen LogP contribution is -2.51. The minimum Gasteiger partial charge on any atom is -0.466 e. The minimum absolute atomic E-state index is 0.0532. The van der Waals surface area contributed by atoms with Gasteiger partial charge in [0.15, 0.2) is 5.96 Å². The summed E-state index contributed by atoms with van der Waals surface area (Å²) in [6.45, 7) is 12.4. The molecule has 0 saturated carbocycles. The fourth-order valence-electron chi connectivity index (χ4n) is 4.19. The number of carbonyl (C=O) groups is 1. The summed E-state index contributed by atoms with van der Waals surface area (Å²) in [4.78, 5) is 18.7. The summed E-state index contributed by atoms with van der Waals surface area (Å²) in [5.41, 5.74) is 0.135. The highest BCUT2D eigenvalue weighted by molar-refractivity contribution is 5.81. The number of piperidine rings is 1. The molecular weight excluding hydrogens is 330 g/mol. The van der Waals surface area contributed by atoms with Gasteiger partial charge in [-0.05, 0) is 38.0 Å². The number of aliphatic imine (C=N–C) groups is 1. The number of nitrogens with zero attached hydrogens (tertiary/aromatic N) is 2. The van der Waals surface area contributed by atoms with Crippen LogP contribution in [0.5, 0.6) is 0 Å². The number of hydrogen-bond acceptors (Lipinski definition) is 4. The van der Waals surface area contributed by atoms with Crippen LogP contribution in [-0.2, 0) is 14.3 Å². The third kappa shape index (κ3) is 5.60. The Kier molecular flexibility index (Phi) is 7.74. The number of likely N-dealkylation sites (tertiary alicyclic amines) is 1. The van der Waals surface area contributed by atoms with Crippen LogP contribution in [0.2, 0.25) is 0 Å². The van der Waals surface area contributed by atoms with Crippen LogP contribution in [0.25, 0.3) is 0 Å². The second-order valence-electron chi connectivity index (χ2n) is 8.53. The van der Waals surface area contributed by atoms with Crippen LogP contribution in [0, 0.1) is 17.3 Å². The van der Waals surface area contributed by atoms with E-state index in [0.29, 0.717) is 19.1 Å². The van der Waals surface area contributed by atoms with E-state index >= 15 is 0 Å². The number of carbonyl (C=O) groups excluding carboxylic acids is 1. The molecule has 0 aromatic heterocycles. The van der Waals surface area contributed by atoms with Crippen LogP contribution in [0.1, 0.15) is 53.4 Å². The number of hydrogen-bond donors (Lipinski definition) is 1. The lowest BCUT2D eigenvalue weighted by molar-refractivity contribution is -0.149. The van der Waals surface area contributed by atoms with Gasteiger partial charge in [0.25, 0.3) is 0 Å². The maximum Gasteiger partial charge on any atom is 0.310 e. The SMILES string of the molecule is CCOC(=O)C1CCCN(C(=NC)NCC2CCCOC2C(C)(C)C)C1.